The molecule has 0 aliphatic heterocycles. The number of hydrogen-bond acceptors (Lipinski definition) is 5. The molecule has 1 unspecified atom stereocenters. The summed E-state index contributed by atoms with van der Waals surface area (Å²) in [6.07, 6.45) is 1.46. The zero-order valence-corrected chi connectivity index (χ0v) is 14.7. The maximum atomic E-state index is 12.4. The normalized spacial score (nSPS) is 12.2. The molecule has 1 aromatic carbocycles. The van der Waals surface area contributed by atoms with Crippen LogP contribution in [0, 0.1) is 0 Å². The lowest BCUT2D eigenvalue weighted by Gasteiger charge is -2.20. The van der Waals surface area contributed by atoms with Crippen LogP contribution in [0.1, 0.15) is 24.6 Å². The number of methoxy groups -OCH3 is 1. The molecule has 1 N–H and O–H groups in total. The summed E-state index contributed by atoms with van der Waals surface area (Å²) < 4.78 is 12.8. The van der Waals surface area contributed by atoms with Gasteiger partial charge in [-0.1, -0.05) is 12.1 Å². The Balaban J connectivity index is 1.70. The minimum atomic E-state index is -0.286. The average molecular weight is 343 g/mol. The van der Waals surface area contributed by atoms with Gasteiger partial charge in [-0.3, -0.25) is 4.68 Å². The van der Waals surface area contributed by atoms with Gasteiger partial charge in [0.05, 0.1) is 19.7 Å². The lowest BCUT2D eigenvalue weighted by atomic mass is 10.2. The largest absolute Gasteiger partial charge is 0.493 e. The maximum absolute atomic E-state index is 12.4. The monoisotopic (exact) mass is 343 g/mol. The van der Waals surface area contributed by atoms with Crippen LogP contribution < -0.4 is 10.1 Å². The molecule has 3 rings (SSSR count). The van der Waals surface area contributed by atoms with Gasteiger partial charge >= 0.3 is 6.03 Å². The van der Waals surface area contributed by atoms with Crippen LogP contribution in [0.5, 0.6) is 5.75 Å². The first-order valence-electron chi connectivity index (χ1n) is 7.90. The van der Waals surface area contributed by atoms with Gasteiger partial charge in [-0.25, -0.2) is 9.78 Å². The molecule has 0 bridgehead atoms. The summed E-state index contributed by atoms with van der Waals surface area (Å²) in [5, 5.41) is 7.85. The van der Waals surface area contributed by atoms with Gasteiger partial charge in [-0.05, 0) is 19.1 Å². The van der Waals surface area contributed by atoms with E-state index in [9.17, 15) is 4.79 Å². The number of carbonyl (C=O) groups is 1. The molecule has 132 valence electrons. The van der Waals surface area contributed by atoms with Crippen molar-refractivity contribution in [2.45, 2.75) is 19.5 Å². The first kappa shape index (κ1) is 16.8. The molecule has 3 aromatic rings. The SMILES string of the molecule is COc1cccc2cc(C(C)NC(=O)N(C)Cc3ncnn3C)oc12. The highest BCUT2D eigenvalue weighted by molar-refractivity contribution is 5.84. The number of aryl methyl sites for hydroxylation is 1. The lowest BCUT2D eigenvalue weighted by molar-refractivity contribution is 0.200. The molecule has 1 atom stereocenters. The topological polar surface area (TPSA) is 85.4 Å². The van der Waals surface area contributed by atoms with Crippen molar-refractivity contribution in [3.8, 4) is 5.75 Å². The van der Waals surface area contributed by atoms with Gasteiger partial charge in [-0.15, -0.1) is 0 Å². The van der Waals surface area contributed by atoms with Crippen molar-refractivity contribution in [1.82, 2.24) is 25.0 Å². The van der Waals surface area contributed by atoms with Crippen LogP contribution in [0.3, 0.4) is 0 Å². The number of aromatic nitrogens is 3. The second-order valence-corrected chi connectivity index (χ2v) is 5.85. The minimum absolute atomic E-state index is 0.220. The van der Waals surface area contributed by atoms with Crippen molar-refractivity contribution in [2.24, 2.45) is 7.05 Å². The smallest absolute Gasteiger partial charge is 0.318 e. The third-order valence-corrected chi connectivity index (χ3v) is 4.04. The summed E-state index contributed by atoms with van der Waals surface area (Å²) in [6.45, 7) is 2.24. The Labute approximate surface area is 145 Å². The van der Waals surface area contributed by atoms with Crippen LogP contribution in [-0.2, 0) is 13.6 Å². The molecule has 2 aromatic heterocycles. The van der Waals surface area contributed by atoms with E-state index in [1.54, 1.807) is 30.8 Å². The minimum Gasteiger partial charge on any atom is -0.493 e. The summed E-state index contributed by atoms with van der Waals surface area (Å²) >= 11 is 0. The predicted molar refractivity (Wildman–Crippen MR) is 92.2 cm³/mol. The number of benzene rings is 1. The highest BCUT2D eigenvalue weighted by Gasteiger charge is 2.19. The number of amides is 2. The Kier molecular flexibility index (Phi) is 4.60. The van der Waals surface area contributed by atoms with Crippen LogP contribution in [0.2, 0.25) is 0 Å². The van der Waals surface area contributed by atoms with E-state index in [4.69, 9.17) is 9.15 Å². The molecule has 0 fully saturated rings. The number of nitrogens with zero attached hydrogens (tertiary/aromatic N) is 4. The maximum Gasteiger partial charge on any atom is 0.318 e. The second kappa shape index (κ2) is 6.84. The molecule has 0 radical (unpaired) electrons. The number of nitrogens with one attached hydrogen (secondary N) is 1. The van der Waals surface area contributed by atoms with Crippen molar-refractivity contribution in [3.63, 3.8) is 0 Å². The summed E-state index contributed by atoms with van der Waals surface area (Å²) in [4.78, 5) is 18.1. The van der Waals surface area contributed by atoms with Crippen LogP contribution >= 0.6 is 0 Å². The summed E-state index contributed by atoms with van der Waals surface area (Å²) in [7, 11) is 5.10. The Hall–Kier alpha value is -3.03. The van der Waals surface area contributed by atoms with Gasteiger partial charge in [-0.2, -0.15) is 5.10 Å². The number of ether oxygens (including phenoxy) is 1. The van der Waals surface area contributed by atoms with Crippen LogP contribution in [0.15, 0.2) is 35.0 Å². The molecular formula is C17H21N5O3. The van der Waals surface area contributed by atoms with Gasteiger partial charge < -0.3 is 19.4 Å². The summed E-state index contributed by atoms with van der Waals surface area (Å²) in [5.41, 5.74) is 0.675. The fraction of sp³-hybridized carbons (Fsp3) is 0.353. The molecule has 2 heterocycles. The third kappa shape index (κ3) is 3.42. The molecule has 8 heteroatoms. The molecule has 8 nitrogen and oxygen atoms in total. The second-order valence-electron chi connectivity index (χ2n) is 5.85. The van der Waals surface area contributed by atoms with Gasteiger partial charge in [0.25, 0.3) is 0 Å². The standard InChI is InChI=1S/C17H21N5O3/c1-11(14-8-12-6-5-7-13(24-4)16(12)25-14)20-17(23)21(2)9-15-18-10-19-22(15)3/h5-8,10-11H,9H2,1-4H3,(H,20,23). The number of hydrogen-bond donors (Lipinski definition) is 1. The molecule has 0 aliphatic rings. The highest BCUT2D eigenvalue weighted by atomic mass is 16.5. The molecule has 0 saturated carbocycles. The number of para-hydroxylation sites is 1. The van der Waals surface area contributed by atoms with E-state index >= 15 is 0 Å². The van der Waals surface area contributed by atoms with Gasteiger partial charge in [0.2, 0.25) is 0 Å². The van der Waals surface area contributed by atoms with E-state index in [0.717, 1.165) is 5.39 Å². The molecule has 0 aliphatic carbocycles. The fourth-order valence-electron chi connectivity index (χ4n) is 2.54. The zero-order valence-electron chi connectivity index (χ0n) is 14.7. The molecule has 0 saturated heterocycles. The van der Waals surface area contributed by atoms with E-state index in [1.165, 1.54) is 6.33 Å². The fourth-order valence-corrected chi connectivity index (χ4v) is 2.54. The van der Waals surface area contributed by atoms with Crippen molar-refractivity contribution in [3.05, 3.63) is 42.2 Å². The van der Waals surface area contributed by atoms with Crippen molar-refractivity contribution >= 4 is 17.0 Å². The molecule has 0 spiro atoms. The summed E-state index contributed by atoms with van der Waals surface area (Å²) in [5.74, 6) is 2.04. The Morgan fingerprint density at radius 3 is 2.96 bits per heavy atom. The number of rotatable bonds is 5. The Morgan fingerprint density at radius 1 is 1.48 bits per heavy atom. The predicted octanol–water partition coefficient (Wildman–Crippen LogP) is 2.47. The Morgan fingerprint density at radius 2 is 2.28 bits per heavy atom. The average Bonchev–Trinajstić information content (AvgIpc) is 3.20. The van der Waals surface area contributed by atoms with E-state index in [1.807, 2.05) is 31.2 Å². The van der Waals surface area contributed by atoms with Gasteiger partial charge in [0.1, 0.15) is 17.9 Å². The first-order valence-corrected chi connectivity index (χ1v) is 7.90. The number of fused-ring (bicyclic) bond motifs is 1. The van der Waals surface area contributed by atoms with Gasteiger partial charge in [0, 0.05) is 19.5 Å². The molecule has 25 heavy (non-hydrogen) atoms. The number of carbonyl (C=O) groups excluding carboxylic acids is 1. The van der Waals surface area contributed by atoms with Crippen LogP contribution in [0.25, 0.3) is 11.0 Å². The Bertz CT molecular complexity index is 885. The summed E-state index contributed by atoms with van der Waals surface area (Å²) in [6, 6.07) is 7.09. The quantitative estimate of drug-likeness (QED) is 0.769. The zero-order chi connectivity index (χ0) is 18.0. The van der Waals surface area contributed by atoms with E-state index in [2.05, 4.69) is 15.4 Å². The van der Waals surface area contributed by atoms with E-state index in [-0.39, 0.29) is 12.1 Å². The first-order chi connectivity index (χ1) is 12.0. The third-order valence-electron chi connectivity index (χ3n) is 4.04. The van der Waals surface area contributed by atoms with Crippen LogP contribution in [-0.4, -0.2) is 39.9 Å². The van der Waals surface area contributed by atoms with Crippen LogP contribution in [0.4, 0.5) is 4.79 Å². The van der Waals surface area contributed by atoms with Crippen molar-refractivity contribution < 1.29 is 13.9 Å². The molecular weight excluding hydrogens is 322 g/mol. The number of furan rings is 1. The van der Waals surface area contributed by atoms with Crippen molar-refractivity contribution in [2.75, 3.05) is 14.2 Å². The van der Waals surface area contributed by atoms with Gasteiger partial charge in [0.15, 0.2) is 11.3 Å². The molecule has 2 amide bonds. The number of urea groups is 1. The lowest BCUT2D eigenvalue weighted by Crippen LogP contribution is -2.38. The van der Waals surface area contributed by atoms with E-state index < -0.39 is 0 Å². The van der Waals surface area contributed by atoms with E-state index in [0.29, 0.717) is 29.5 Å². The highest BCUT2D eigenvalue weighted by Crippen LogP contribution is 2.30. The van der Waals surface area contributed by atoms with Crippen molar-refractivity contribution in [1.29, 1.82) is 0 Å².